The van der Waals surface area contributed by atoms with Crippen LogP contribution in [0.25, 0.3) is 11.2 Å². The molecule has 5 nitrogen and oxygen atoms in total. The number of likely N-dealkylation sites (tertiary alicyclic amines) is 1. The van der Waals surface area contributed by atoms with E-state index >= 15 is 0 Å². The zero-order valence-electron chi connectivity index (χ0n) is 10.7. The molecule has 6 heteroatoms. The van der Waals surface area contributed by atoms with Crippen molar-refractivity contribution in [2.24, 2.45) is 0 Å². The number of carbonyl (C=O) groups is 1. The second kappa shape index (κ2) is 4.81. The monoisotopic (exact) mass is 278 g/mol. The molecular formula is C13H15ClN4O. The number of pyridine rings is 1. The van der Waals surface area contributed by atoms with Gasteiger partial charge in [0, 0.05) is 32.1 Å². The molecule has 1 aliphatic rings. The fraction of sp³-hybridized carbons (Fsp3) is 0.462. The first-order valence-corrected chi connectivity index (χ1v) is 6.88. The molecule has 1 aliphatic heterocycles. The van der Waals surface area contributed by atoms with Crippen LogP contribution in [-0.2, 0) is 11.2 Å². The molecule has 1 atom stereocenters. The van der Waals surface area contributed by atoms with Crippen LogP contribution >= 0.6 is 11.6 Å². The van der Waals surface area contributed by atoms with Gasteiger partial charge in [0.15, 0.2) is 5.65 Å². The highest BCUT2D eigenvalue weighted by molar-refractivity contribution is 6.17. The summed E-state index contributed by atoms with van der Waals surface area (Å²) in [6, 6.07) is 3.58. The molecule has 3 heterocycles. The number of amides is 1. The van der Waals surface area contributed by atoms with Crippen molar-refractivity contribution in [3.8, 4) is 0 Å². The summed E-state index contributed by atoms with van der Waals surface area (Å²) in [4.78, 5) is 22.9. The molecule has 2 aromatic rings. The number of alkyl halides is 1. The van der Waals surface area contributed by atoms with Crippen LogP contribution < -0.4 is 0 Å². The van der Waals surface area contributed by atoms with Crippen molar-refractivity contribution in [1.29, 1.82) is 0 Å². The lowest BCUT2D eigenvalue weighted by Gasteiger charge is -2.14. The zero-order chi connectivity index (χ0) is 13.4. The van der Waals surface area contributed by atoms with E-state index in [-0.39, 0.29) is 11.9 Å². The van der Waals surface area contributed by atoms with Crippen LogP contribution in [0.1, 0.15) is 18.3 Å². The predicted molar refractivity (Wildman–Crippen MR) is 73.2 cm³/mol. The third kappa shape index (κ3) is 1.98. The van der Waals surface area contributed by atoms with Gasteiger partial charge in [0.05, 0.1) is 0 Å². The topological polar surface area (TPSA) is 51.0 Å². The molecule has 1 amide bonds. The molecule has 3 rings (SSSR count). The van der Waals surface area contributed by atoms with E-state index < -0.39 is 0 Å². The van der Waals surface area contributed by atoms with E-state index in [1.54, 1.807) is 11.1 Å². The molecule has 2 aromatic heterocycles. The molecule has 0 N–H and O–H groups in total. The summed E-state index contributed by atoms with van der Waals surface area (Å²) in [5, 5.41) is 0. The highest BCUT2D eigenvalue weighted by Gasteiger charge is 2.33. The summed E-state index contributed by atoms with van der Waals surface area (Å²) in [5.74, 6) is 1.46. The van der Waals surface area contributed by atoms with Crippen molar-refractivity contribution >= 4 is 28.7 Å². The van der Waals surface area contributed by atoms with Crippen molar-refractivity contribution < 1.29 is 4.79 Å². The van der Waals surface area contributed by atoms with Gasteiger partial charge in [0.1, 0.15) is 17.4 Å². The van der Waals surface area contributed by atoms with Gasteiger partial charge in [-0.2, -0.15) is 0 Å². The normalized spacial score (nSPS) is 19.6. The molecule has 19 heavy (non-hydrogen) atoms. The van der Waals surface area contributed by atoms with Crippen LogP contribution in [0.4, 0.5) is 0 Å². The lowest BCUT2D eigenvalue weighted by Crippen LogP contribution is -2.25. The minimum atomic E-state index is -0.192. The average Bonchev–Trinajstić information content (AvgIpc) is 2.92. The van der Waals surface area contributed by atoms with Crippen molar-refractivity contribution in [2.45, 2.75) is 18.9 Å². The average molecular weight is 279 g/mol. The molecule has 1 saturated heterocycles. The van der Waals surface area contributed by atoms with Gasteiger partial charge < -0.3 is 4.90 Å². The summed E-state index contributed by atoms with van der Waals surface area (Å²) in [5.41, 5.74) is 1.60. The summed E-state index contributed by atoms with van der Waals surface area (Å²) in [6.45, 7) is 0.774. The van der Waals surface area contributed by atoms with E-state index in [0.29, 0.717) is 12.3 Å². The molecular weight excluding hydrogens is 264 g/mol. The SMILES string of the molecule is CN1CCC(n2c(CCCl)nc3cccnc32)C1=O. The maximum Gasteiger partial charge on any atom is 0.245 e. The first-order chi connectivity index (χ1) is 9.22. The third-order valence-corrected chi connectivity index (χ3v) is 3.74. The van der Waals surface area contributed by atoms with Gasteiger partial charge in [-0.05, 0) is 18.6 Å². The van der Waals surface area contributed by atoms with Crippen molar-refractivity contribution in [3.63, 3.8) is 0 Å². The second-order valence-electron chi connectivity index (χ2n) is 4.75. The quantitative estimate of drug-likeness (QED) is 0.802. The minimum Gasteiger partial charge on any atom is -0.344 e. The van der Waals surface area contributed by atoms with E-state index in [1.165, 1.54) is 0 Å². The number of aromatic nitrogens is 3. The lowest BCUT2D eigenvalue weighted by atomic mass is 10.2. The smallest absolute Gasteiger partial charge is 0.245 e. The van der Waals surface area contributed by atoms with Crippen molar-refractivity contribution in [3.05, 3.63) is 24.2 Å². The lowest BCUT2D eigenvalue weighted by molar-refractivity contribution is -0.129. The molecule has 0 radical (unpaired) electrons. The highest BCUT2D eigenvalue weighted by atomic mass is 35.5. The van der Waals surface area contributed by atoms with Gasteiger partial charge >= 0.3 is 0 Å². The number of rotatable bonds is 3. The zero-order valence-corrected chi connectivity index (χ0v) is 11.5. The Morgan fingerprint density at radius 3 is 3.05 bits per heavy atom. The first-order valence-electron chi connectivity index (χ1n) is 6.35. The number of carbonyl (C=O) groups excluding carboxylic acids is 1. The Hall–Kier alpha value is -1.62. The van der Waals surface area contributed by atoms with E-state index in [1.807, 2.05) is 23.7 Å². The van der Waals surface area contributed by atoms with Gasteiger partial charge in [0.2, 0.25) is 5.91 Å². The first kappa shape index (κ1) is 12.4. The number of imidazole rings is 1. The van der Waals surface area contributed by atoms with Gasteiger partial charge in [0.25, 0.3) is 0 Å². The molecule has 1 fully saturated rings. The number of fused-ring (bicyclic) bond motifs is 1. The van der Waals surface area contributed by atoms with Crippen LogP contribution in [0.5, 0.6) is 0 Å². The third-order valence-electron chi connectivity index (χ3n) is 3.55. The van der Waals surface area contributed by atoms with E-state index in [9.17, 15) is 4.79 Å². The van der Waals surface area contributed by atoms with E-state index in [0.717, 1.165) is 30.0 Å². The van der Waals surface area contributed by atoms with Crippen LogP contribution in [0.15, 0.2) is 18.3 Å². The van der Waals surface area contributed by atoms with Crippen molar-refractivity contribution in [1.82, 2.24) is 19.4 Å². The van der Waals surface area contributed by atoms with E-state index in [4.69, 9.17) is 11.6 Å². The maximum absolute atomic E-state index is 12.2. The Kier molecular flexibility index (Phi) is 3.14. The molecule has 0 saturated carbocycles. The number of likely N-dealkylation sites (N-methyl/N-ethyl adjacent to an activating group) is 1. The number of aryl methyl sites for hydroxylation is 1. The van der Waals surface area contributed by atoms with Crippen LogP contribution in [-0.4, -0.2) is 44.8 Å². The highest BCUT2D eigenvalue weighted by Crippen LogP contribution is 2.27. The summed E-state index contributed by atoms with van der Waals surface area (Å²) >= 11 is 5.84. The van der Waals surface area contributed by atoms with Crippen molar-refractivity contribution in [2.75, 3.05) is 19.5 Å². The van der Waals surface area contributed by atoms with Gasteiger partial charge in [-0.3, -0.25) is 9.36 Å². The summed E-state index contributed by atoms with van der Waals surface area (Å²) in [7, 11) is 1.83. The van der Waals surface area contributed by atoms with Crippen LogP contribution in [0, 0.1) is 0 Å². The Bertz CT molecular complexity index is 624. The fourth-order valence-corrected chi connectivity index (χ4v) is 2.78. The summed E-state index contributed by atoms with van der Waals surface area (Å²) in [6.07, 6.45) is 3.17. The predicted octanol–water partition coefficient (Wildman–Crippen LogP) is 1.62. The fourth-order valence-electron chi connectivity index (χ4n) is 2.61. The van der Waals surface area contributed by atoms with Crippen LogP contribution in [0.2, 0.25) is 0 Å². The molecule has 0 spiro atoms. The number of hydrogen-bond acceptors (Lipinski definition) is 3. The Morgan fingerprint density at radius 2 is 2.37 bits per heavy atom. The molecule has 100 valence electrons. The maximum atomic E-state index is 12.2. The van der Waals surface area contributed by atoms with Gasteiger partial charge in [-0.15, -0.1) is 11.6 Å². The van der Waals surface area contributed by atoms with Gasteiger partial charge in [-0.1, -0.05) is 0 Å². The minimum absolute atomic E-state index is 0.126. The Morgan fingerprint density at radius 1 is 1.53 bits per heavy atom. The second-order valence-corrected chi connectivity index (χ2v) is 5.13. The Labute approximate surface area is 116 Å². The van der Waals surface area contributed by atoms with E-state index in [2.05, 4.69) is 9.97 Å². The molecule has 0 aliphatic carbocycles. The number of halogens is 1. The molecule has 0 bridgehead atoms. The molecule has 1 unspecified atom stereocenters. The van der Waals surface area contributed by atoms with Crippen LogP contribution in [0.3, 0.4) is 0 Å². The largest absolute Gasteiger partial charge is 0.344 e. The molecule has 0 aromatic carbocycles. The summed E-state index contributed by atoms with van der Waals surface area (Å²) < 4.78 is 1.96. The Balaban J connectivity index is 2.15. The standard InChI is InChI=1S/C13H15ClN4O/c1-17-8-5-10(13(17)19)18-11(4-6-14)16-9-3-2-7-15-12(9)18/h2-3,7,10H,4-6,8H2,1H3. The number of nitrogens with zero attached hydrogens (tertiary/aromatic N) is 4. The van der Waals surface area contributed by atoms with Gasteiger partial charge in [-0.25, -0.2) is 9.97 Å². The number of hydrogen-bond donors (Lipinski definition) is 0.